The lowest BCUT2D eigenvalue weighted by Crippen LogP contribution is -2.59. The van der Waals surface area contributed by atoms with E-state index in [9.17, 15) is 30.0 Å². The van der Waals surface area contributed by atoms with Crippen LogP contribution in [0.1, 0.15) is 84.5 Å². The molecule has 280 valence electrons. The number of carbonyl (C=O) groups is 2. The number of hydrogen-bond donors (Lipinski definition) is 4. The third-order valence-corrected chi connectivity index (χ3v) is 7.34. The lowest BCUT2D eigenvalue weighted by Gasteiger charge is -2.39. The van der Waals surface area contributed by atoms with Crippen molar-refractivity contribution in [2.75, 3.05) is 19.8 Å². The minimum absolute atomic E-state index is 0.119. The van der Waals surface area contributed by atoms with Crippen LogP contribution in [0.5, 0.6) is 0 Å². The third-order valence-electron chi connectivity index (χ3n) is 7.34. The second-order valence-corrected chi connectivity index (χ2v) is 11.7. The Morgan fingerprint density at radius 2 is 1.22 bits per heavy atom. The summed E-state index contributed by atoms with van der Waals surface area (Å²) in [5.41, 5.74) is 0. The SMILES string of the molecule is CC/C=C/C=C/C=C/C=C/C=C/CCCC(=O)OC(COC(=O)CCCC/C=C/C/C=C/C/C=C/CC)CO[C@H]1O[C@@H](CO)[C@@H](O)C(O)C1O. The molecule has 50 heavy (non-hydrogen) atoms. The molecule has 6 atom stereocenters. The number of aliphatic hydroxyl groups is 4. The van der Waals surface area contributed by atoms with Crippen molar-refractivity contribution in [2.45, 2.75) is 121 Å². The summed E-state index contributed by atoms with van der Waals surface area (Å²) in [5.74, 6) is -0.957. The zero-order chi connectivity index (χ0) is 36.7. The predicted octanol–water partition coefficient (Wildman–Crippen LogP) is 6.04. The maximum atomic E-state index is 12.6. The van der Waals surface area contributed by atoms with E-state index < -0.39 is 55.4 Å². The zero-order valence-corrected chi connectivity index (χ0v) is 29.8. The molecule has 0 aromatic heterocycles. The molecule has 0 aromatic carbocycles. The Morgan fingerprint density at radius 3 is 1.88 bits per heavy atom. The van der Waals surface area contributed by atoms with Crippen LogP contribution in [0.25, 0.3) is 0 Å². The number of carbonyl (C=O) groups excluding carboxylic acids is 2. The van der Waals surface area contributed by atoms with Gasteiger partial charge >= 0.3 is 11.9 Å². The molecule has 10 nitrogen and oxygen atoms in total. The molecule has 1 aliphatic heterocycles. The quantitative estimate of drug-likeness (QED) is 0.0364. The fraction of sp³-hybridized carbons (Fsp3) is 0.550. The predicted molar refractivity (Wildman–Crippen MR) is 196 cm³/mol. The Hall–Kier alpha value is -3.38. The summed E-state index contributed by atoms with van der Waals surface area (Å²) >= 11 is 0. The van der Waals surface area contributed by atoms with Crippen LogP contribution < -0.4 is 0 Å². The van der Waals surface area contributed by atoms with Gasteiger partial charge < -0.3 is 39.4 Å². The highest BCUT2D eigenvalue weighted by Crippen LogP contribution is 2.22. The molecule has 0 amide bonds. The average molecular weight is 701 g/mol. The van der Waals surface area contributed by atoms with Gasteiger partial charge in [0.05, 0.1) is 13.2 Å². The molecule has 10 heteroatoms. The van der Waals surface area contributed by atoms with Gasteiger partial charge in [0.2, 0.25) is 0 Å². The highest BCUT2D eigenvalue weighted by molar-refractivity contribution is 5.70. The molecule has 1 saturated heterocycles. The van der Waals surface area contributed by atoms with Crippen LogP contribution in [0.2, 0.25) is 0 Å². The monoisotopic (exact) mass is 700 g/mol. The Bertz CT molecular complexity index is 1130. The highest BCUT2D eigenvalue weighted by atomic mass is 16.7. The zero-order valence-electron chi connectivity index (χ0n) is 29.8. The Balaban J connectivity index is 2.54. The van der Waals surface area contributed by atoms with Gasteiger partial charge in [0.1, 0.15) is 31.0 Å². The molecule has 0 bridgehead atoms. The minimum atomic E-state index is -1.62. The van der Waals surface area contributed by atoms with Crippen molar-refractivity contribution >= 4 is 11.9 Å². The lowest BCUT2D eigenvalue weighted by atomic mass is 9.99. The molecule has 4 N–H and O–H groups in total. The largest absolute Gasteiger partial charge is 0.462 e. The second kappa shape index (κ2) is 30.4. The number of unbranched alkanes of at least 4 members (excludes halogenated alkanes) is 3. The van der Waals surface area contributed by atoms with Crippen molar-refractivity contribution in [1.82, 2.24) is 0 Å². The van der Waals surface area contributed by atoms with Gasteiger partial charge in [-0.1, -0.05) is 111 Å². The number of hydrogen-bond acceptors (Lipinski definition) is 10. The number of allylic oxidation sites excluding steroid dienone is 16. The van der Waals surface area contributed by atoms with Crippen molar-refractivity contribution in [2.24, 2.45) is 0 Å². The van der Waals surface area contributed by atoms with Crippen LogP contribution >= 0.6 is 0 Å². The molecule has 0 spiro atoms. The fourth-order valence-electron chi connectivity index (χ4n) is 4.52. The van der Waals surface area contributed by atoms with Crippen molar-refractivity contribution < 1.29 is 49.0 Å². The number of aliphatic hydroxyl groups excluding tert-OH is 4. The van der Waals surface area contributed by atoms with E-state index in [0.717, 1.165) is 38.5 Å². The van der Waals surface area contributed by atoms with Crippen LogP contribution in [0.15, 0.2) is 97.2 Å². The first-order valence-electron chi connectivity index (χ1n) is 17.9. The van der Waals surface area contributed by atoms with Gasteiger partial charge in [0.25, 0.3) is 0 Å². The van der Waals surface area contributed by atoms with Crippen molar-refractivity contribution in [3.05, 3.63) is 97.2 Å². The summed E-state index contributed by atoms with van der Waals surface area (Å²) in [5, 5.41) is 39.8. The van der Waals surface area contributed by atoms with E-state index >= 15 is 0 Å². The Labute approximate surface area is 298 Å². The minimum Gasteiger partial charge on any atom is -0.462 e. The molecule has 0 aliphatic carbocycles. The van der Waals surface area contributed by atoms with Gasteiger partial charge in [-0.05, 0) is 57.8 Å². The van der Waals surface area contributed by atoms with Crippen LogP contribution in [0.3, 0.4) is 0 Å². The first kappa shape index (κ1) is 44.6. The van der Waals surface area contributed by atoms with Crippen LogP contribution in [-0.4, -0.2) is 89.0 Å². The van der Waals surface area contributed by atoms with Gasteiger partial charge in [0.15, 0.2) is 12.4 Å². The van der Waals surface area contributed by atoms with Gasteiger partial charge in [-0.3, -0.25) is 9.59 Å². The second-order valence-electron chi connectivity index (χ2n) is 11.7. The topological polar surface area (TPSA) is 152 Å². The van der Waals surface area contributed by atoms with Crippen LogP contribution in [-0.2, 0) is 28.5 Å². The van der Waals surface area contributed by atoms with Crippen molar-refractivity contribution in [3.8, 4) is 0 Å². The van der Waals surface area contributed by atoms with Crippen LogP contribution in [0, 0.1) is 0 Å². The summed E-state index contributed by atoms with van der Waals surface area (Å²) in [6.07, 6.45) is 31.6. The maximum absolute atomic E-state index is 12.6. The van der Waals surface area contributed by atoms with E-state index in [-0.39, 0.29) is 26.1 Å². The Morgan fingerprint density at radius 1 is 0.640 bits per heavy atom. The Kier molecular flexibility index (Phi) is 27.2. The molecule has 1 fully saturated rings. The van der Waals surface area contributed by atoms with Gasteiger partial charge in [0, 0.05) is 12.8 Å². The average Bonchev–Trinajstić information content (AvgIpc) is 3.11. The highest BCUT2D eigenvalue weighted by Gasteiger charge is 2.44. The molecule has 1 rings (SSSR count). The summed E-state index contributed by atoms with van der Waals surface area (Å²) in [6.45, 7) is 2.98. The normalized spacial score (nSPS) is 22.6. The summed E-state index contributed by atoms with van der Waals surface area (Å²) < 4.78 is 21.9. The van der Waals surface area contributed by atoms with Gasteiger partial charge in [-0.25, -0.2) is 0 Å². The van der Waals surface area contributed by atoms with Gasteiger partial charge in [-0.15, -0.1) is 0 Å². The fourth-order valence-corrected chi connectivity index (χ4v) is 4.52. The molecule has 0 radical (unpaired) electrons. The number of esters is 2. The smallest absolute Gasteiger partial charge is 0.306 e. The maximum Gasteiger partial charge on any atom is 0.306 e. The van der Waals surface area contributed by atoms with E-state index in [1.165, 1.54) is 0 Å². The van der Waals surface area contributed by atoms with Crippen molar-refractivity contribution in [1.29, 1.82) is 0 Å². The molecular formula is C40H60O10. The van der Waals surface area contributed by atoms with Crippen LogP contribution in [0.4, 0.5) is 0 Å². The van der Waals surface area contributed by atoms with E-state index in [4.69, 9.17) is 18.9 Å². The molecule has 0 aromatic rings. The summed E-state index contributed by atoms with van der Waals surface area (Å²) in [4.78, 5) is 25.1. The van der Waals surface area contributed by atoms with E-state index in [1.807, 2.05) is 54.7 Å². The number of rotatable bonds is 26. The first-order chi connectivity index (χ1) is 24.3. The molecule has 1 aliphatic rings. The van der Waals surface area contributed by atoms with E-state index in [0.29, 0.717) is 19.3 Å². The standard InChI is InChI=1S/C40H60O10/c1-3-5-7-9-11-13-15-17-19-21-23-25-27-29-36(43)49-33(32-48-40-39(46)38(45)37(44)34(30-41)50-40)31-47-35(42)28-26-24-22-20-18-16-14-12-10-8-6-4-2/h5-9,11-15,17-21,23,33-34,37-41,44-46H,3-4,10,16,22,24-32H2,1-2H3/b7-5+,8-6+,11-9+,14-12+,15-13+,19-17+,20-18+,23-21+/t33?,34-,37+,38?,39?,40-/m0/s1. The van der Waals surface area contributed by atoms with E-state index in [1.54, 1.807) is 0 Å². The number of ether oxygens (including phenoxy) is 4. The molecule has 3 unspecified atom stereocenters. The van der Waals surface area contributed by atoms with Crippen molar-refractivity contribution in [3.63, 3.8) is 0 Å². The molecule has 0 saturated carbocycles. The third kappa shape index (κ3) is 22.4. The first-order valence-corrected chi connectivity index (χ1v) is 17.9. The molecular weight excluding hydrogens is 640 g/mol. The molecule has 1 heterocycles. The van der Waals surface area contributed by atoms with Gasteiger partial charge in [-0.2, -0.15) is 0 Å². The van der Waals surface area contributed by atoms with E-state index in [2.05, 4.69) is 56.4 Å². The lowest BCUT2D eigenvalue weighted by molar-refractivity contribution is -0.305. The summed E-state index contributed by atoms with van der Waals surface area (Å²) in [6, 6.07) is 0. The summed E-state index contributed by atoms with van der Waals surface area (Å²) in [7, 11) is 0.